The van der Waals surface area contributed by atoms with Gasteiger partial charge in [0.05, 0.1) is 13.2 Å². The normalized spacial score (nSPS) is 11.0. The van der Waals surface area contributed by atoms with E-state index >= 15 is 0 Å². The highest BCUT2D eigenvalue weighted by molar-refractivity contribution is 5.97. The number of carbonyl (C=O) groups excluding carboxylic acids is 3. The zero-order valence-corrected chi connectivity index (χ0v) is 15.9. The molecule has 0 fully saturated rings. The van der Waals surface area contributed by atoms with E-state index in [9.17, 15) is 19.5 Å². The number of amides is 2. The van der Waals surface area contributed by atoms with Crippen molar-refractivity contribution in [1.82, 2.24) is 10.2 Å². The molecule has 27 heavy (non-hydrogen) atoms. The van der Waals surface area contributed by atoms with Crippen LogP contribution in [0.25, 0.3) is 0 Å². The largest absolute Gasteiger partial charge is 0.464 e. The van der Waals surface area contributed by atoms with Crippen LogP contribution in [0.3, 0.4) is 0 Å². The first kappa shape index (κ1) is 22.2. The van der Waals surface area contributed by atoms with E-state index in [1.807, 2.05) is 0 Å². The van der Waals surface area contributed by atoms with Crippen molar-refractivity contribution in [2.24, 2.45) is 0 Å². The van der Waals surface area contributed by atoms with Crippen molar-refractivity contribution < 1.29 is 24.2 Å². The van der Waals surface area contributed by atoms with E-state index in [2.05, 4.69) is 17.2 Å². The number of ether oxygens (including phenoxy) is 1. The van der Waals surface area contributed by atoms with Gasteiger partial charge < -0.3 is 20.1 Å². The molecule has 0 bridgehead atoms. The molecule has 0 heterocycles. The molecule has 7 heteroatoms. The average Bonchev–Trinajstić information content (AvgIpc) is 2.65. The number of hydrogen-bond donors (Lipinski definition) is 2. The van der Waals surface area contributed by atoms with Gasteiger partial charge in [-0.05, 0) is 31.5 Å². The third-order valence-corrected chi connectivity index (χ3v) is 3.61. The van der Waals surface area contributed by atoms with Gasteiger partial charge in [0.1, 0.15) is 0 Å². The van der Waals surface area contributed by atoms with Gasteiger partial charge in [-0.25, -0.2) is 4.79 Å². The van der Waals surface area contributed by atoms with Crippen LogP contribution in [0.15, 0.2) is 24.3 Å². The highest BCUT2D eigenvalue weighted by atomic mass is 16.5. The molecule has 0 saturated heterocycles. The Hall–Kier alpha value is -2.85. The molecule has 1 aromatic rings. The van der Waals surface area contributed by atoms with E-state index in [0.29, 0.717) is 30.4 Å². The molecule has 0 aliphatic carbocycles. The van der Waals surface area contributed by atoms with Gasteiger partial charge in [-0.15, -0.1) is 0 Å². The van der Waals surface area contributed by atoms with Crippen molar-refractivity contribution in [1.29, 1.82) is 0 Å². The van der Waals surface area contributed by atoms with E-state index < -0.39 is 24.5 Å². The number of carbonyl (C=O) groups is 3. The van der Waals surface area contributed by atoms with Crippen LogP contribution in [-0.4, -0.2) is 61.1 Å². The Morgan fingerprint density at radius 1 is 1.30 bits per heavy atom. The van der Waals surface area contributed by atoms with Gasteiger partial charge in [-0.3, -0.25) is 9.59 Å². The van der Waals surface area contributed by atoms with Gasteiger partial charge in [0.25, 0.3) is 5.91 Å². The molecule has 0 saturated carbocycles. The van der Waals surface area contributed by atoms with Crippen molar-refractivity contribution in [3.05, 3.63) is 35.4 Å². The van der Waals surface area contributed by atoms with Gasteiger partial charge in [0.15, 0.2) is 6.04 Å². The topological polar surface area (TPSA) is 95.9 Å². The Bertz CT molecular complexity index is 719. The Labute approximate surface area is 159 Å². The molecule has 2 amide bonds. The Balaban J connectivity index is 2.65. The molecule has 1 rings (SSSR count). The minimum atomic E-state index is -1.11. The monoisotopic (exact) mass is 374 g/mol. The Kier molecular flexibility index (Phi) is 9.62. The lowest BCUT2D eigenvalue weighted by Crippen LogP contribution is -2.44. The van der Waals surface area contributed by atoms with Gasteiger partial charge in [0.2, 0.25) is 5.91 Å². The lowest BCUT2D eigenvalue weighted by molar-refractivity contribution is -0.146. The molecule has 0 unspecified atom stereocenters. The zero-order chi connectivity index (χ0) is 20.2. The van der Waals surface area contributed by atoms with Crippen molar-refractivity contribution in [3.63, 3.8) is 0 Å². The summed E-state index contributed by atoms with van der Waals surface area (Å²) in [7, 11) is 3.43. The van der Waals surface area contributed by atoms with Crippen LogP contribution in [-0.2, 0) is 14.3 Å². The molecular weight excluding hydrogens is 348 g/mol. The van der Waals surface area contributed by atoms with Crippen LogP contribution in [0, 0.1) is 11.8 Å². The van der Waals surface area contributed by atoms with Crippen molar-refractivity contribution in [3.8, 4) is 11.8 Å². The minimum Gasteiger partial charge on any atom is -0.464 e. The Morgan fingerprint density at radius 2 is 2.04 bits per heavy atom. The SMILES string of the molecule is CCOC(=O)[C@H](CO)NC(=O)c1cccc(C#CCCCC(=O)N(C)C)c1. The maximum absolute atomic E-state index is 12.3. The first-order valence-electron chi connectivity index (χ1n) is 8.76. The van der Waals surface area contributed by atoms with Gasteiger partial charge in [-0.1, -0.05) is 17.9 Å². The first-order valence-corrected chi connectivity index (χ1v) is 8.76. The lowest BCUT2D eigenvalue weighted by atomic mass is 10.1. The smallest absolute Gasteiger partial charge is 0.331 e. The minimum absolute atomic E-state index is 0.0653. The molecule has 0 aliphatic rings. The van der Waals surface area contributed by atoms with Crippen LogP contribution >= 0.6 is 0 Å². The quantitative estimate of drug-likeness (QED) is 0.401. The van der Waals surface area contributed by atoms with E-state index in [0.717, 1.165) is 0 Å². The fourth-order valence-corrected chi connectivity index (χ4v) is 2.12. The highest BCUT2D eigenvalue weighted by Gasteiger charge is 2.21. The number of esters is 1. The van der Waals surface area contributed by atoms with E-state index in [-0.39, 0.29) is 12.5 Å². The summed E-state index contributed by atoms with van der Waals surface area (Å²) in [5.41, 5.74) is 0.977. The number of rotatable bonds is 8. The summed E-state index contributed by atoms with van der Waals surface area (Å²) < 4.78 is 4.80. The summed E-state index contributed by atoms with van der Waals surface area (Å²) in [5, 5.41) is 11.7. The molecule has 0 radical (unpaired) electrons. The fraction of sp³-hybridized carbons (Fsp3) is 0.450. The number of unbranched alkanes of at least 4 members (excludes halogenated alkanes) is 1. The first-order chi connectivity index (χ1) is 12.9. The van der Waals surface area contributed by atoms with Gasteiger partial charge >= 0.3 is 5.97 Å². The summed E-state index contributed by atoms with van der Waals surface area (Å²) in [6.45, 7) is 1.26. The van der Waals surface area contributed by atoms with Crippen LogP contribution in [0.1, 0.15) is 42.1 Å². The van der Waals surface area contributed by atoms with Crippen LogP contribution < -0.4 is 5.32 Å². The van der Waals surface area contributed by atoms with Crippen LogP contribution in [0.2, 0.25) is 0 Å². The number of hydrogen-bond acceptors (Lipinski definition) is 5. The summed E-state index contributed by atoms with van der Waals surface area (Å²) in [5.74, 6) is 4.82. The second-order valence-electron chi connectivity index (χ2n) is 5.98. The summed E-state index contributed by atoms with van der Waals surface area (Å²) in [6.07, 6.45) is 1.69. The molecule has 0 spiro atoms. The van der Waals surface area contributed by atoms with Gasteiger partial charge in [0, 0.05) is 38.1 Å². The third kappa shape index (κ3) is 7.92. The maximum Gasteiger partial charge on any atom is 0.331 e. The summed E-state index contributed by atoms with van der Waals surface area (Å²) >= 11 is 0. The number of benzene rings is 1. The molecule has 1 aromatic carbocycles. The molecule has 2 N–H and O–H groups in total. The predicted molar refractivity (Wildman–Crippen MR) is 101 cm³/mol. The molecule has 7 nitrogen and oxygen atoms in total. The summed E-state index contributed by atoms with van der Waals surface area (Å²) in [6, 6.07) is 5.54. The maximum atomic E-state index is 12.3. The third-order valence-electron chi connectivity index (χ3n) is 3.61. The highest BCUT2D eigenvalue weighted by Crippen LogP contribution is 2.06. The van der Waals surface area contributed by atoms with Gasteiger partial charge in [-0.2, -0.15) is 0 Å². The second kappa shape index (κ2) is 11.7. The molecule has 1 atom stereocenters. The fourth-order valence-electron chi connectivity index (χ4n) is 2.12. The lowest BCUT2D eigenvalue weighted by Gasteiger charge is -2.14. The second-order valence-corrected chi connectivity index (χ2v) is 5.98. The molecule has 146 valence electrons. The average molecular weight is 374 g/mol. The number of aliphatic hydroxyl groups is 1. The van der Waals surface area contributed by atoms with E-state index in [4.69, 9.17) is 4.74 Å². The van der Waals surface area contributed by atoms with Crippen LogP contribution in [0.4, 0.5) is 0 Å². The Morgan fingerprint density at radius 3 is 2.67 bits per heavy atom. The van der Waals surface area contributed by atoms with Crippen molar-refractivity contribution >= 4 is 17.8 Å². The van der Waals surface area contributed by atoms with Crippen molar-refractivity contribution in [2.75, 3.05) is 27.3 Å². The molecular formula is C20H26N2O5. The van der Waals surface area contributed by atoms with Crippen molar-refractivity contribution in [2.45, 2.75) is 32.2 Å². The van der Waals surface area contributed by atoms with E-state index in [1.165, 1.54) is 0 Å². The summed E-state index contributed by atoms with van der Waals surface area (Å²) in [4.78, 5) is 37.0. The predicted octanol–water partition coefficient (Wildman–Crippen LogP) is 0.950. The standard InChI is InChI=1S/C20H26N2O5/c1-4-27-20(26)17(14-23)21-19(25)16-11-8-10-15(13-16)9-6-5-7-12-18(24)22(2)3/h8,10-11,13,17,23H,4-5,7,12,14H2,1-3H3,(H,21,25)/t17-/m0/s1. The van der Waals surface area contributed by atoms with Crippen LogP contribution in [0.5, 0.6) is 0 Å². The molecule has 0 aromatic heterocycles. The van der Waals surface area contributed by atoms with E-state index in [1.54, 1.807) is 50.2 Å². The number of nitrogens with one attached hydrogen (secondary N) is 1. The number of aliphatic hydroxyl groups excluding tert-OH is 1. The number of nitrogens with zero attached hydrogens (tertiary/aromatic N) is 1. The molecule has 0 aliphatic heterocycles. The zero-order valence-electron chi connectivity index (χ0n) is 15.9.